The third-order valence-electron chi connectivity index (χ3n) is 5.07. The second-order valence-corrected chi connectivity index (χ2v) is 8.39. The van der Waals surface area contributed by atoms with Gasteiger partial charge < -0.3 is 24.4 Å². The van der Waals surface area contributed by atoms with Crippen LogP contribution in [0.15, 0.2) is 0 Å². The molecule has 29 heavy (non-hydrogen) atoms. The molecule has 2 rings (SSSR count). The molecule has 1 aromatic carbocycles. The van der Waals surface area contributed by atoms with E-state index in [0.29, 0.717) is 5.56 Å². The number of methoxy groups -OCH3 is 1. The normalized spacial score (nSPS) is 14.7. The Bertz CT molecular complexity index is 762. The van der Waals surface area contributed by atoms with Crippen molar-refractivity contribution in [2.75, 3.05) is 44.8 Å². The summed E-state index contributed by atoms with van der Waals surface area (Å²) in [6.45, 7) is 15.0. The fourth-order valence-corrected chi connectivity index (χ4v) is 3.85. The number of hydrogen-bond acceptors (Lipinski definition) is 7. The quantitative estimate of drug-likeness (QED) is 0.728. The van der Waals surface area contributed by atoms with Crippen LogP contribution in [0.5, 0.6) is 0 Å². The molecule has 1 fully saturated rings. The molecule has 1 heterocycles. The van der Waals surface area contributed by atoms with Crippen LogP contribution in [-0.4, -0.2) is 57.4 Å². The van der Waals surface area contributed by atoms with Crippen LogP contribution in [0.4, 0.5) is 5.69 Å². The molecule has 0 spiro atoms. The van der Waals surface area contributed by atoms with Gasteiger partial charge in [-0.1, -0.05) is 0 Å². The molecule has 0 radical (unpaired) electrons. The SMILES string of the molecule is COC(=O)c1c(C)c(COCC(=O)OC(C)(C)C)c(C)c(N2CCNCC2)c1C. The number of piperazine rings is 1. The van der Waals surface area contributed by atoms with Crippen molar-refractivity contribution in [2.45, 2.75) is 53.8 Å². The van der Waals surface area contributed by atoms with Crippen molar-refractivity contribution in [1.82, 2.24) is 5.32 Å². The summed E-state index contributed by atoms with van der Waals surface area (Å²) in [5, 5.41) is 3.35. The van der Waals surface area contributed by atoms with E-state index in [1.54, 1.807) is 0 Å². The number of nitrogens with zero attached hydrogens (tertiary/aromatic N) is 1. The predicted octanol–water partition coefficient (Wildman–Crippen LogP) is 2.67. The van der Waals surface area contributed by atoms with E-state index in [-0.39, 0.29) is 19.2 Å². The van der Waals surface area contributed by atoms with Crippen molar-refractivity contribution in [3.8, 4) is 0 Å². The van der Waals surface area contributed by atoms with E-state index in [0.717, 1.165) is 54.1 Å². The molecule has 162 valence electrons. The lowest BCUT2D eigenvalue weighted by atomic mass is 9.90. The molecule has 0 atom stereocenters. The second-order valence-electron chi connectivity index (χ2n) is 8.39. The van der Waals surface area contributed by atoms with Gasteiger partial charge in [-0.3, -0.25) is 0 Å². The van der Waals surface area contributed by atoms with Crippen LogP contribution in [0.1, 0.15) is 53.4 Å². The Morgan fingerprint density at radius 2 is 1.66 bits per heavy atom. The highest BCUT2D eigenvalue weighted by Gasteiger charge is 2.26. The van der Waals surface area contributed by atoms with Crippen molar-refractivity contribution in [3.63, 3.8) is 0 Å². The van der Waals surface area contributed by atoms with Crippen LogP contribution in [0.25, 0.3) is 0 Å². The Kier molecular flexibility index (Phi) is 7.66. The number of hydrogen-bond donors (Lipinski definition) is 1. The smallest absolute Gasteiger partial charge is 0.338 e. The van der Waals surface area contributed by atoms with Crippen LogP contribution in [0.2, 0.25) is 0 Å². The fraction of sp³-hybridized carbons (Fsp3) is 0.636. The van der Waals surface area contributed by atoms with Crippen LogP contribution >= 0.6 is 0 Å². The lowest BCUT2D eigenvalue weighted by Crippen LogP contribution is -2.44. The molecule has 1 aliphatic heterocycles. The van der Waals surface area contributed by atoms with Gasteiger partial charge in [0.1, 0.15) is 12.2 Å². The first-order valence-electron chi connectivity index (χ1n) is 10.0. The molecular formula is C22H34N2O5. The minimum Gasteiger partial charge on any atom is -0.465 e. The van der Waals surface area contributed by atoms with Crippen molar-refractivity contribution in [1.29, 1.82) is 0 Å². The van der Waals surface area contributed by atoms with Gasteiger partial charge in [-0.15, -0.1) is 0 Å². The van der Waals surface area contributed by atoms with Gasteiger partial charge in [-0.25, -0.2) is 9.59 Å². The number of carbonyl (C=O) groups excluding carboxylic acids is 2. The summed E-state index contributed by atoms with van der Waals surface area (Å²) in [7, 11) is 1.39. The monoisotopic (exact) mass is 406 g/mol. The van der Waals surface area contributed by atoms with Gasteiger partial charge in [0.25, 0.3) is 0 Å². The Morgan fingerprint density at radius 3 is 2.21 bits per heavy atom. The van der Waals surface area contributed by atoms with Crippen molar-refractivity contribution in [2.24, 2.45) is 0 Å². The van der Waals surface area contributed by atoms with E-state index < -0.39 is 11.6 Å². The molecule has 0 saturated carbocycles. The zero-order chi connectivity index (χ0) is 21.8. The number of benzene rings is 1. The van der Waals surface area contributed by atoms with E-state index in [4.69, 9.17) is 14.2 Å². The van der Waals surface area contributed by atoms with Crippen LogP contribution in [-0.2, 0) is 25.6 Å². The Hall–Kier alpha value is -2.12. The Labute approximate surface area is 173 Å². The number of nitrogens with one attached hydrogen (secondary N) is 1. The minimum absolute atomic E-state index is 0.138. The second kappa shape index (κ2) is 9.59. The Morgan fingerprint density at radius 1 is 1.03 bits per heavy atom. The summed E-state index contributed by atoms with van der Waals surface area (Å²) in [4.78, 5) is 26.8. The van der Waals surface area contributed by atoms with Crippen LogP contribution < -0.4 is 10.2 Å². The topological polar surface area (TPSA) is 77.1 Å². The van der Waals surface area contributed by atoms with E-state index in [1.165, 1.54) is 7.11 Å². The largest absolute Gasteiger partial charge is 0.465 e. The third-order valence-corrected chi connectivity index (χ3v) is 5.07. The van der Waals surface area contributed by atoms with E-state index >= 15 is 0 Å². The molecule has 1 aromatic rings. The average molecular weight is 407 g/mol. The highest BCUT2D eigenvalue weighted by atomic mass is 16.6. The zero-order valence-corrected chi connectivity index (χ0v) is 18.7. The molecule has 0 unspecified atom stereocenters. The van der Waals surface area contributed by atoms with Gasteiger partial charge in [0.05, 0.1) is 19.3 Å². The molecule has 1 saturated heterocycles. The summed E-state index contributed by atoms with van der Waals surface area (Å²) < 4.78 is 16.0. The maximum absolute atomic E-state index is 12.5. The third kappa shape index (κ3) is 5.70. The zero-order valence-electron chi connectivity index (χ0n) is 18.7. The summed E-state index contributed by atoms with van der Waals surface area (Å²) >= 11 is 0. The molecule has 0 bridgehead atoms. The molecule has 0 amide bonds. The van der Waals surface area contributed by atoms with Gasteiger partial charge in [0.15, 0.2) is 0 Å². The standard InChI is InChI=1S/C22H34N2O5/c1-14-17(12-28-13-18(25)29-22(4,5)6)15(2)20(24-10-8-23-9-11-24)16(3)19(14)21(26)27-7/h23H,8-13H2,1-7H3. The molecule has 1 N–H and O–H groups in total. The molecular weight excluding hydrogens is 372 g/mol. The first-order valence-corrected chi connectivity index (χ1v) is 10.0. The fourth-order valence-electron chi connectivity index (χ4n) is 3.85. The number of rotatable bonds is 6. The predicted molar refractivity (Wildman–Crippen MR) is 113 cm³/mol. The number of ether oxygens (including phenoxy) is 3. The van der Waals surface area contributed by atoms with Gasteiger partial charge in [-0.05, 0) is 63.8 Å². The lowest BCUT2D eigenvalue weighted by molar-refractivity contribution is -0.160. The molecule has 7 heteroatoms. The maximum atomic E-state index is 12.5. The number of carbonyl (C=O) groups is 2. The molecule has 0 aromatic heterocycles. The van der Waals surface area contributed by atoms with Gasteiger partial charge in [0.2, 0.25) is 0 Å². The summed E-state index contributed by atoms with van der Waals surface area (Å²) in [5.74, 6) is -0.764. The summed E-state index contributed by atoms with van der Waals surface area (Å²) in [6.07, 6.45) is 0. The number of anilines is 1. The average Bonchev–Trinajstić information content (AvgIpc) is 2.63. The van der Waals surface area contributed by atoms with E-state index in [9.17, 15) is 9.59 Å². The lowest BCUT2D eigenvalue weighted by Gasteiger charge is -2.34. The van der Waals surface area contributed by atoms with Crippen LogP contribution in [0.3, 0.4) is 0 Å². The van der Waals surface area contributed by atoms with Crippen molar-refractivity contribution < 1.29 is 23.8 Å². The van der Waals surface area contributed by atoms with Crippen molar-refractivity contribution in [3.05, 3.63) is 27.8 Å². The minimum atomic E-state index is -0.552. The summed E-state index contributed by atoms with van der Waals surface area (Å²) in [6, 6.07) is 0. The Balaban J connectivity index is 2.35. The van der Waals surface area contributed by atoms with Crippen LogP contribution in [0, 0.1) is 20.8 Å². The number of esters is 2. The van der Waals surface area contributed by atoms with E-state index in [2.05, 4.69) is 10.2 Å². The highest BCUT2D eigenvalue weighted by molar-refractivity contribution is 5.95. The van der Waals surface area contributed by atoms with Gasteiger partial charge in [-0.2, -0.15) is 0 Å². The van der Waals surface area contributed by atoms with E-state index in [1.807, 2.05) is 41.5 Å². The highest BCUT2D eigenvalue weighted by Crippen LogP contribution is 2.35. The van der Waals surface area contributed by atoms with Crippen molar-refractivity contribution >= 4 is 17.6 Å². The maximum Gasteiger partial charge on any atom is 0.338 e. The molecule has 0 aliphatic carbocycles. The molecule has 1 aliphatic rings. The van der Waals surface area contributed by atoms with Gasteiger partial charge >= 0.3 is 11.9 Å². The summed E-state index contributed by atoms with van der Waals surface area (Å²) in [5.41, 5.74) is 4.80. The first-order chi connectivity index (χ1) is 13.6. The molecule has 7 nitrogen and oxygen atoms in total. The van der Waals surface area contributed by atoms with Gasteiger partial charge in [0, 0.05) is 31.9 Å². The first kappa shape index (κ1) is 23.2.